The van der Waals surface area contributed by atoms with E-state index in [1.807, 2.05) is 0 Å². The van der Waals surface area contributed by atoms with Crippen LogP contribution >= 0.6 is 0 Å². The Morgan fingerprint density at radius 3 is 1.84 bits per heavy atom. The molecular weight excluding hydrogens is 342 g/mol. The number of carboxylic acid groups (broad SMARTS) is 1. The summed E-state index contributed by atoms with van der Waals surface area (Å²) in [6.07, 6.45) is -3.93. The molecule has 1 N–H and O–H groups in total. The number of carbonyl (C=O) groups is 5. The molecule has 1 rings (SSSR count). The Hall–Kier alpha value is -2.85. The Bertz CT molecular complexity index is 574. The van der Waals surface area contributed by atoms with Crippen LogP contribution in [-0.4, -0.2) is 78.0 Å². The van der Waals surface area contributed by atoms with Gasteiger partial charge in [0.05, 0.1) is 7.11 Å². The van der Waals surface area contributed by atoms with Gasteiger partial charge in [-0.3, -0.25) is 19.3 Å². The van der Waals surface area contributed by atoms with Crippen molar-refractivity contribution in [1.82, 2.24) is 4.90 Å². The molecule has 1 saturated heterocycles. The van der Waals surface area contributed by atoms with Gasteiger partial charge in [-0.05, 0) is 0 Å². The number of amides is 1. The lowest BCUT2D eigenvalue weighted by molar-refractivity contribution is -0.167. The molecule has 0 spiro atoms. The highest BCUT2D eigenvalue weighted by Gasteiger charge is 2.59. The van der Waals surface area contributed by atoms with Gasteiger partial charge in [0.1, 0.15) is 12.6 Å². The maximum Gasteiger partial charge on any atom is 0.410 e. The molecular formula is C14H19NO10. The molecule has 25 heavy (non-hydrogen) atoms. The van der Waals surface area contributed by atoms with Crippen LogP contribution in [0.4, 0.5) is 4.79 Å². The molecule has 1 aliphatic heterocycles. The fraction of sp³-hybridized carbons (Fsp3) is 0.643. The highest BCUT2D eigenvalue weighted by Crippen LogP contribution is 2.31. The largest absolute Gasteiger partial charge is 0.480 e. The highest BCUT2D eigenvalue weighted by molar-refractivity contribution is 5.83. The fourth-order valence-corrected chi connectivity index (χ4v) is 2.57. The summed E-state index contributed by atoms with van der Waals surface area (Å²) in [5, 5.41) is 9.47. The third-order valence-electron chi connectivity index (χ3n) is 3.37. The van der Waals surface area contributed by atoms with E-state index in [9.17, 15) is 29.1 Å². The van der Waals surface area contributed by atoms with Crippen molar-refractivity contribution in [3.05, 3.63) is 0 Å². The van der Waals surface area contributed by atoms with Gasteiger partial charge in [0, 0.05) is 20.8 Å². The molecule has 0 bridgehead atoms. The third-order valence-corrected chi connectivity index (χ3v) is 3.37. The number of carbonyl (C=O) groups excluding carboxylic acids is 4. The lowest BCUT2D eigenvalue weighted by atomic mass is 10.1. The Morgan fingerprint density at radius 1 is 0.920 bits per heavy atom. The monoisotopic (exact) mass is 361 g/mol. The number of carboxylic acids is 1. The van der Waals surface area contributed by atoms with E-state index in [1.165, 1.54) is 0 Å². The molecule has 0 unspecified atom stereocenters. The number of ether oxygens (including phenoxy) is 4. The first-order chi connectivity index (χ1) is 11.6. The van der Waals surface area contributed by atoms with E-state index in [-0.39, 0.29) is 0 Å². The molecule has 0 aromatic carbocycles. The van der Waals surface area contributed by atoms with E-state index in [2.05, 4.69) is 4.74 Å². The number of rotatable bonds is 5. The van der Waals surface area contributed by atoms with Crippen LogP contribution in [0.3, 0.4) is 0 Å². The lowest BCUT2D eigenvalue weighted by Crippen LogP contribution is -2.49. The summed E-state index contributed by atoms with van der Waals surface area (Å²) < 4.78 is 19.4. The van der Waals surface area contributed by atoms with E-state index in [0.717, 1.165) is 27.9 Å². The first kappa shape index (κ1) is 20.2. The number of esters is 3. The molecule has 0 aromatic rings. The van der Waals surface area contributed by atoms with Gasteiger partial charge in [0.15, 0.2) is 18.2 Å². The molecule has 11 heteroatoms. The average molecular weight is 361 g/mol. The Balaban J connectivity index is 3.37. The van der Waals surface area contributed by atoms with Crippen molar-refractivity contribution in [3.63, 3.8) is 0 Å². The Labute approximate surface area is 142 Å². The van der Waals surface area contributed by atoms with E-state index < -0.39 is 60.9 Å². The van der Waals surface area contributed by atoms with Crippen molar-refractivity contribution in [2.45, 2.75) is 45.1 Å². The summed E-state index contributed by atoms with van der Waals surface area (Å²) in [5.74, 6) is -3.86. The molecule has 1 heterocycles. The predicted octanol–water partition coefficient (Wildman–Crippen LogP) is -0.683. The SMILES string of the molecule is COC(=O)N1[C@H](COC(C)=O)[C@@H](OC(C)=O)[C@H](OC(C)=O)[C@H]1C(=O)O. The summed E-state index contributed by atoms with van der Waals surface area (Å²) >= 11 is 0. The van der Waals surface area contributed by atoms with Crippen LogP contribution in [0.5, 0.6) is 0 Å². The zero-order valence-corrected chi connectivity index (χ0v) is 14.1. The number of nitrogens with zero attached hydrogens (tertiary/aromatic N) is 1. The number of aliphatic carboxylic acids is 1. The molecule has 0 aromatic heterocycles. The van der Waals surface area contributed by atoms with Crippen LogP contribution in [0.2, 0.25) is 0 Å². The summed E-state index contributed by atoms with van der Waals surface area (Å²) in [6, 6.07) is -2.91. The smallest absolute Gasteiger partial charge is 0.410 e. The molecule has 0 radical (unpaired) electrons. The van der Waals surface area contributed by atoms with Gasteiger partial charge in [-0.2, -0.15) is 0 Å². The minimum absolute atomic E-state index is 0.482. The minimum Gasteiger partial charge on any atom is -0.480 e. The molecule has 1 aliphatic rings. The molecule has 11 nitrogen and oxygen atoms in total. The minimum atomic E-state index is -1.69. The number of methoxy groups -OCH3 is 1. The van der Waals surface area contributed by atoms with Gasteiger partial charge < -0.3 is 24.1 Å². The van der Waals surface area contributed by atoms with E-state index >= 15 is 0 Å². The van der Waals surface area contributed by atoms with Crippen LogP contribution in [0.1, 0.15) is 20.8 Å². The summed E-state index contributed by atoms with van der Waals surface area (Å²) in [6.45, 7) is 2.72. The fourth-order valence-electron chi connectivity index (χ4n) is 2.57. The topological polar surface area (TPSA) is 146 Å². The number of hydrogen-bond acceptors (Lipinski definition) is 9. The van der Waals surface area contributed by atoms with Gasteiger partial charge in [-0.15, -0.1) is 0 Å². The second-order valence-corrected chi connectivity index (χ2v) is 5.18. The van der Waals surface area contributed by atoms with Crippen molar-refractivity contribution < 1.29 is 48.0 Å². The first-order valence-electron chi connectivity index (χ1n) is 7.17. The van der Waals surface area contributed by atoms with E-state index in [4.69, 9.17) is 14.2 Å². The average Bonchev–Trinajstić information content (AvgIpc) is 2.77. The highest BCUT2D eigenvalue weighted by atomic mass is 16.6. The normalized spacial score (nSPS) is 25.0. The second kappa shape index (κ2) is 8.31. The van der Waals surface area contributed by atoms with Crippen molar-refractivity contribution in [3.8, 4) is 0 Å². The lowest BCUT2D eigenvalue weighted by Gasteiger charge is -2.27. The van der Waals surface area contributed by atoms with Crippen molar-refractivity contribution in [2.24, 2.45) is 0 Å². The molecule has 140 valence electrons. The standard InChI is InChI=1S/C14H19NO10/c1-6(16)23-5-9-11(24-7(2)17)12(25-8(3)18)10(13(19)20)15(9)14(21)22-4/h9-12H,5H2,1-4H3,(H,19,20)/t9-,10+,11-,12-/m1/s1. The van der Waals surface area contributed by atoms with Crippen LogP contribution in [0.15, 0.2) is 0 Å². The first-order valence-corrected chi connectivity index (χ1v) is 7.17. The Morgan fingerprint density at radius 2 is 1.44 bits per heavy atom. The zero-order chi connectivity index (χ0) is 19.3. The van der Waals surface area contributed by atoms with Crippen LogP contribution in [-0.2, 0) is 38.1 Å². The molecule has 0 aliphatic carbocycles. The molecule has 1 amide bonds. The van der Waals surface area contributed by atoms with Gasteiger partial charge in [-0.1, -0.05) is 0 Å². The maximum atomic E-state index is 12.1. The van der Waals surface area contributed by atoms with E-state index in [0.29, 0.717) is 4.90 Å². The van der Waals surface area contributed by atoms with Gasteiger partial charge >= 0.3 is 30.0 Å². The van der Waals surface area contributed by atoms with Crippen molar-refractivity contribution in [2.75, 3.05) is 13.7 Å². The van der Waals surface area contributed by atoms with Crippen LogP contribution in [0, 0.1) is 0 Å². The predicted molar refractivity (Wildman–Crippen MR) is 77.2 cm³/mol. The summed E-state index contributed by atoms with van der Waals surface area (Å²) in [5.41, 5.74) is 0. The Kier molecular flexibility index (Phi) is 6.71. The van der Waals surface area contributed by atoms with Crippen LogP contribution < -0.4 is 0 Å². The molecule has 4 atom stereocenters. The summed E-state index contributed by atoms with van der Waals surface area (Å²) in [7, 11) is 1.02. The van der Waals surface area contributed by atoms with Crippen LogP contribution in [0.25, 0.3) is 0 Å². The van der Waals surface area contributed by atoms with Gasteiger partial charge in [0.2, 0.25) is 0 Å². The van der Waals surface area contributed by atoms with Gasteiger partial charge in [-0.25, -0.2) is 9.59 Å². The second-order valence-electron chi connectivity index (χ2n) is 5.18. The molecule has 1 fully saturated rings. The quantitative estimate of drug-likeness (QED) is 0.493. The van der Waals surface area contributed by atoms with E-state index in [1.54, 1.807) is 0 Å². The molecule has 0 saturated carbocycles. The van der Waals surface area contributed by atoms with Crippen molar-refractivity contribution in [1.29, 1.82) is 0 Å². The van der Waals surface area contributed by atoms with Gasteiger partial charge in [0.25, 0.3) is 0 Å². The van der Waals surface area contributed by atoms with Crippen molar-refractivity contribution >= 4 is 30.0 Å². The third kappa shape index (κ3) is 4.81. The zero-order valence-electron chi connectivity index (χ0n) is 14.1. The summed E-state index contributed by atoms with van der Waals surface area (Å²) in [4.78, 5) is 58.2. The number of hydrogen-bond donors (Lipinski definition) is 1. The maximum absolute atomic E-state index is 12.1. The number of likely N-dealkylation sites (tertiary alicyclic amines) is 1.